The Balaban J connectivity index is 1.49. The summed E-state index contributed by atoms with van der Waals surface area (Å²) in [5, 5.41) is 28.6. The molecule has 0 saturated carbocycles. The minimum atomic E-state index is -1.03. The molecule has 12 heteroatoms. The molecule has 1 heterocycles. The summed E-state index contributed by atoms with van der Waals surface area (Å²) in [6, 6.07) is 22.5. The Morgan fingerprint density at radius 1 is 0.846 bits per heavy atom. The summed E-state index contributed by atoms with van der Waals surface area (Å²) in [5.41, 5.74) is 4.52. The minimum absolute atomic E-state index is 0.0370. The van der Waals surface area contributed by atoms with Crippen LogP contribution in [0, 0.1) is 20.2 Å². The molecule has 0 aliphatic heterocycles. The highest BCUT2D eigenvalue weighted by Gasteiger charge is 2.22. The number of amides is 2. The van der Waals surface area contributed by atoms with Crippen LogP contribution >= 0.6 is 0 Å². The van der Waals surface area contributed by atoms with Crippen LogP contribution in [-0.2, 0) is 11.2 Å². The molecule has 2 amide bonds. The largest absolute Gasteiger partial charge is 0.340 e. The van der Waals surface area contributed by atoms with Crippen LogP contribution in [0.5, 0.6) is 0 Å². The summed E-state index contributed by atoms with van der Waals surface area (Å²) in [7, 11) is 0. The average Bonchev–Trinajstić information content (AvgIpc) is 3.42. The van der Waals surface area contributed by atoms with Crippen molar-refractivity contribution in [1.29, 1.82) is 0 Å². The number of nitro groups is 2. The van der Waals surface area contributed by atoms with Gasteiger partial charge in [0.25, 0.3) is 23.2 Å². The van der Waals surface area contributed by atoms with E-state index in [1.807, 2.05) is 0 Å². The van der Waals surface area contributed by atoms with Gasteiger partial charge in [-0.1, -0.05) is 30.3 Å². The molecule has 3 aromatic carbocycles. The monoisotopic (exact) mass is 526 g/mol. The molecular weight excluding hydrogens is 504 g/mol. The van der Waals surface area contributed by atoms with Crippen molar-refractivity contribution in [3.8, 4) is 5.69 Å². The second kappa shape index (κ2) is 12.1. The van der Waals surface area contributed by atoms with Gasteiger partial charge in [-0.25, -0.2) is 5.43 Å². The van der Waals surface area contributed by atoms with Gasteiger partial charge in [0.1, 0.15) is 6.04 Å². The SMILES string of the molecule is O=C(NC(Cc1ccc([N+](=O)[O-])cc1)C(=O)N/N=C/c1cccn1-c1ccc([N+](=O)[O-])cc1)c1ccccc1. The van der Waals surface area contributed by atoms with Crippen molar-refractivity contribution in [2.45, 2.75) is 12.5 Å². The van der Waals surface area contributed by atoms with E-state index in [-0.39, 0.29) is 17.8 Å². The van der Waals surface area contributed by atoms with E-state index in [1.165, 1.54) is 42.6 Å². The summed E-state index contributed by atoms with van der Waals surface area (Å²) < 4.78 is 1.73. The Morgan fingerprint density at radius 3 is 2.08 bits per heavy atom. The number of aromatic nitrogens is 1. The first-order valence-corrected chi connectivity index (χ1v) is 11.7. The predicted molar refractivity (Wildman–Crippen MR) is 143 cm³/mol. The number of nitrogens with one attached hydrogen (secondary N) is 2. The third-order valence-electron chi connectivity index (χ3n) is 5.74. The first-order chi connectivity index (χ1) is 18.8. The minimum Gasteiger partial charge on any atom is -0.340 e. The van der Waals surface area contributed by atoms with Gasteiger partial charge in [-0.3, -0.25) is 29.8 Å². The third kappa shape index (κ3) is 6.77. The van der Waals surface area contributed by atoms with Crippen molar-refractivity contribution in [3.63, 3.8) is 0 Å². The number of hydrogen-bond acceptors (Lipinski definition) is 7. The summed E-state index contributed by atoms with van der Waals surface area (Å²) >= 11 is 0. The maximum atomic E-state index is 13.1. The van der Waals surface area contributed by atoms with Crippen LogP contribution in [0.3, 0.4) is 0 Å². The highest BCUT2D eigenvalue weighted by atomic mass is 16.6. The number of carbonyl (C=O) groups excluding carboxylic acids is 2. The van der Waals surface area contributed by atoms with Crippen LogP contribution in [0.1, 0.15) is 21.6 Å². The Morgan fingerprint density at radius 2 is 1.46 bits per heavy atom. The summed E-state index contributed by atoms with van der Waals surface area (Å²) in [6.45, 7) is 0. The van der Waals surface area contributed by atoms with E-state index in [0.29, 0.717) is 22.5 Å². The molecule has 0 saturated heterocycles. The third-order valence-corrected chi connectivity index (χ3v) is 5.74. The highest BCUT2D eigenvalue weighted by Crippen LogP contribution is 2.17. The highest BCUT2D eigenvalue weighted by molar-refractivity contribution is 5.97. The number of nitrogens with zero attached hydrogens (tertiary/aromatic N) is 4. The number of hydrazone groups is 1. The van der Waals surface area contributed by atoms with E-state index in [9.17, 15) is 29.8 Å². The summed E-state index contributed by atoms with van der Waals surface area (Å²) in [6.07, 6.45) is 3.21. The molecule has 196 valence electrons. The maximum absolute atomic E-state index is 13.1. The quantitative estimate of drug-likeness (QED) is 0.181. The molecule has 1 unspecified atom stereocenters. The molecule has 0 aliphatic carbocycles. The fourth-order valence-corrected chi connectivity index (χ4v) is 3.74. The lowest BCUT2D eigenvalue weighted by molar-refractivity contribution is -0.385. The normalized spacial score (nSPS) is 11.6. The zero-order valence-electron chi connectivity index (χ0n) is 20.3. The van der Waals surface area contributed by atoms with Crippen LogP contribution in [-0.4, -0.2) is 38.5 Å². The van der Waals surface area contributed by atoms with E-state index in [2.05, 4.69) is 15.8 Å². The van der Waals surface area contributed by atoms with Crippen molar-refractivity contribution in [2.24, 2.45) is 5.10 Å². The van der Waals surface area contributed by atoms with Gasteiger partial charge in [0.05, 0.1) is 21.8 Å². The Labute approximate surface area is 221 Å². The molecule has 0 fully saturated rings. The molecule has 12 nitrogen and oxygen atoms in total. The topological polar surface area (TPSA) is 162 Å². The zero-order chi connectivity index (χ0) is 27.8. The van der Waals surface area contributed by atoms with Gasteiger partial charge in [0.15, 0.2) is 0 Å². The number of non-ortho nitro benzene ring substituents is 2. The van der Waals surface area contributed by atoms with Gasteiger partial charge in [-0.2, -0.15) is 5.10 Å². The first kappa shape index (κ1) is 26.4. The van der Waals surface area contributed by atoms with Crippen LogP contribution in [0.15, 0.2) is 102 Å². The lowest BCUT2D eigenvalue weighted by Gasteiger charge is -2.17. The Kier molecular flexibility index (Phi) is 8.17. The van der Waals surface area contributed by atoms with Crippen molar-refractivity contribution >= 4 is 29.4 Å². The predicted octanol–water partition coefficient (Wildman–Crippen LogP) is 3.79. The second-order valence-electron chi connectivity index (χ2n) is 8.33. The molecular formula is C27H22N6O6. The molecule has 1 atom stereocenters. The molecule has 39 heavy (non-hydrogen) atoms. The number of nitro benzene ring substituents is 2. The molecule has 4 rings (SSSR count). The number of rotatable bonds is 10. The maximum Gasteiger partial charge on any atom is 0.269 e. The second-order valence-corrected chi connectivity index (χ2v) is 8.33. The molecule has 0 radical (unpaired) electrons. The van der Waals surface area contributed by atoms with Crippen molar-refractivity contribution < 1.29 is 19.4 Å². The molecule has 0 bridgehead atoms. The van der Waals surface area contributed by atoms with E-state index in [0.717, 1.165) is 0 Å². The van der Waals surface area contributed by atoms with Gasteiger partial charge >= 0.3 is 0 Å². The van der Waals surface area contributed by atoms with Crippen LogP contribution in [0.4, 0.5) is 11.4 Å². The molecule has 0 spiro atoms. The first-order valence-electron chi connectivity index (χ1n) is 11.7. The van der Waals surface area contributed by atoms with E-state index in [1.54, 1.807) is 65.4 Å². The van der Waals surface area contributed by atoms with Gasteiger partial charge in [0, 0.05) is 48.1 Å². The van der Waals surface area contributed by atoms with Gasteiger partial charge in [-0.05, 0) is 42.0 Å². The van der Waals surface area contributed by atoms with Crippen molar-refractivity contribution in [2.75, 3.05) is 0 Å². The summed E-state index contributed by atoms with van der Waals surface area (Å²) in [4.78, 5) is 46.7. The lowest BCUT2D eigenvalue weighted by Crippen LogP contribution is -2.46. The fraction of sp³-hybridized carbons (Fsp3) is 0.0741. The van der Waals surface area contributed by atoms with Gasteiger partial charge in [-0.15, -0.1) is 0 Å². The average molecular weight is 527 g/mol. The Bertz CT molecular complexity index is 1510. The fourth-order valence-electron chi connectivity index (χ4n) is 3.74. The number of benzene rings is 3. The van der Waals surface area contributed by atoms with E-state index in [4.69, 9.17) is 0 Å². The Hall–Kier alpha value is -5.65. The summed E-state index contributed by atoms with van der Waals surface area (Å²) in [5.74, 6) is -1.06. The standard InChI is InChI=1S/C27H22N6O6/c34-26(20-5-2-1-3-6-20)29-25(17-19-8-10-22(11-9-19)32(36)37)27(35)30-28-18-24-7-4-16-31(24)21-12-14-23(15-13-21)33(38)39/h1-16,18,25H,17H2,(H,29,34)(H,30,35)/b28-18+. The molecule has 1 aromatic heterocycles. The number of carbonyl (C=O) groups is 2. The van der Waals surface area contributed by atoms with Crippen LogP contribution in [0.25, 0.3) is 5.69 Å². The van der Waals surface area contributed by atoms with E-state index >= 15 is 0 Å². The van der Waals surface area contributed by atoms with Crippen LogP contribution < -0.4 is 10.7 Å². The van der Waals surface area contributed by atoms with Gasteiger partial charge < -0.3 is 9.88 Å². The lowest BCUT2D eigenvalue weighted by atomic mass is 10.0. The van der Waals surface area contributed by atoms with Crippen molar-refractivity contribution in [1.82, 2.24) is 15.3 Å². The van der Waals surface area contributed by atoms with Crippen molar-refractivity contribution in [3.05, 3.63) is 134 Å². The van der Waals surface area contributed by atoms with Crippen LogP contribution in [0.2, 0.25) is 0 Å². The smallest absolute Gasteiger partial charge is 0.269 e. The van der Waals surface area contributed by atoms with Gasteiger partial charge in [0.2, 0.25) is 0 Å². The number of hydrogen-bond donors (Lipinski definition) is 2. The zero-order valence-corrected chi connectivity index (χ0v) is 20.3. The molecule has 4 aromatic rings. The molecule has 2 N–H and O–H groups in total. The van der Waals surface area contributed by atoms with E-state index < -0.39 is 27.7 Å². The molecule has 0 aliphatic rings.